The van der Waals surface area contributed by atoms with E-state index in [2.05, 4.69) is 66.0 Å². The van der Waals surface area contributed by atoms with Gasteiger partial charge in [-0.3, -0.25) is 0 Å². The lowest BCUT2D eigenvalue weighted by Gasteiger charge is -2.42. The number of nitrogens with one attached hydrogen (secondary N) is 1. The third-order valence-electron chi connectivity index (χ3n) is 5.18. The van der Waals surface area contributed by atoms with Crippen LogP contribution in [0.4, 0.5) is 0 Å². The molecule has 2 atom stereocenters. The Labute approximate surface area is 133 Å². The van der Waals surface area contributed by atoms with E-state index in [0.717, 1.165) is 0 Å². The molecule has 21 heavy (non-hydrogen) atoms. The summed E-state index contributed by atoms with van der Waals surface area (Å²) >= 11 is 0. The first-order chi connectivity index (χ1) is 9.87. The molecule has 0 radical (unpaired) electrons. The second-order valence-electron chi connectivity index (χ2n) is 6.36. The smallest absolute Gasteiger partial charge is 0.0232 e. The van der Waals surface area contributed by atoms with Crippen LogP contribution in [0.15, 0.2) is 60.7 Å². The van der Waals surface area contributed by atoms with Crippen LogP contribution in [-0.4, -0.2) is 12.1 Å². The molecular formula is C19H22ClN. The van der Waals surface area contributed by atoms with Crippen LogP contribution in [0.5, 0.6) is 0 Å². The van der Waals surface area contributed by atoms with Crippen molar-refractivity contribution in [2.45, 2.75) is 43.2 Å². The lowest BCUT2D eigenvalue weighted by molar-refractivity contribution is 0.289. The molecule has 0 aliphatic carbocycles. The molecule has 0 amide bonds. The van der Waals surface area contributed by atoms with Gasteiger partial charge in [0.15, 0.2) is 0 Å². The summed E-state index contributed by atoms with van der Waals surface area (Å²) in [4.78, 5) is 0. The SMILES string of the molecule is Cl.c1ccc(C2(c3ccccc3)CC3CCC(C2)N3)cc1. The van der Waals surface area contributed by atoms with Gasteiger partial charge in [-0.1, -0.05) is 60.7 Å². The average Bonchev–Trinajstić information content (AvgIpc) is 2.88. The van der Waals surface area contributed by atoms with Gasteiger partial charge in [0.1, 0.15) is 0 Å². The fourth-order valence-electron chi connectivity index (χ4n) is 4.30. The maximum atomic E-state index is 3.78. The molecule has 2 aromatic carbocycles. The Kier molecular flexibility index (Phi) is 4.05. The lowest BCUT2D eigenvalue weighted by Crippen LogP contribution is -2.47. The van der Waals surface area contributed by atoms with Crippen molar-refractivity contribution in [1.29, 1.82) is 0 Å². The number of hydrogen-bond acceptors (Lipinski definition) is 1. The molecular weight excluding hydrogens is 278 g/mol. The van der Waals surface area contributed by atoms with Crippen LogP contribution in [0.1, 0.15) is 36.8 Å². The normalized spacial score (nSPS) is 26.1. The van der Waals surface area contributed by atoms with Crippen molar-refractivity contribution in [3.63, 3.8) is 0 Å². The first kappa shape index (κ1) is 14.6. The van der Waals surface area contributed by atoms with Crippen molar-refractivity contribution in [3.8, 4) is 0 Å². The van der Waals surface area contributed by atoms with Crippen molar-refractivity contribution < 1.29 is 0 Å². The first-order valence-electron chi connectivity index (χ1n) is 7.74. The summed E-state index contributed by atoms with van der Waals surface area (Å²) in [6, 6.07) is 23.6. The molecule has 2 aliphatic rings. The molecule has 2 bridgehead atoms. The first-order valence-corrected chi connectivity index (χ1v) is 7.74. The fourth-order valence-corrected chi connectivity index (χ4v) is 4.30. The number of benzene rings is 2. The van der Waals surface area contributed by atoms with E-state index >= 15 is 0 Å². The quantitative estimate of drug-likeness (QED) is 0.871. The van der Waals surface area contributed by atoms with Crippen LogP contribution in [0.2, 0.25) is 0 Å². The number of rotatable bonds is 2. The molecule has 0 aromatic heterocycles. The number of halogens is 1. The van der Waals surface area contributed by atoms with Gasteiger partial charge in [-0.05, 0) is 36.8 Å². The topological polar surface area (TPSA) is 12.0 Å². The van der Waals surface area contributed by atoms with Crippen molar-refractivity contribution in [2.24, 2.45) is 0 Å². The zero-order chi connectivity index (χ0) is 13.4. The van der Waals surface area contributed by atoms with Gasteiger partial charge in [0, 0.05) is 17.5 Å². The van der Waals surface area contributed by atoms with E-state index in [1.807, 2.05) is 0 Å². The van der Waals surface area contributed by atoms with Gasteiger partial charge in [-0.2, -0.15) is 0 Å². The highest BCUT2D eigenvalue weighted by Gasteiger charge is 2.45. The van der Waals surface area contributed by atoms with E-state index in [-0.39, 0.29) is 17.8 Å². The van der Waals surface area contributed by atoms with Crippen molar-refractivity contribution in [1.82, 2.24) is 5.32 Å². The monoisotopic (exact) mass is 299 g/mol. The van der Waals surface area contributed by atoms with Crippen molar-refractivity contribution in [2.75, 3.05) is 0 Å². The molecule has 4 rings (SSSR count). The summed E-state index contributed by atoms with van der Waals surface area (Å²) in [6.07, 6.45) is 5.15. The van der Waals surface area contributed by atoms with Crippen LogP contribution < -0.4 is 5.32 Å². The van der Waals surface area contributed by atoms with Crippen molar-refractivity contribution >= 4 is 12.4 Å². The highest BCUT2D eigenvalue weighted by atomic mass is 35.5. The summed E-state index contributed by atoms with van der Waals surface area (Å²) in [5.41, 5.74) is 3.19. The lowest BCUT2D eigenvalue weighted by atomic mass is 9.66. The van der Waals surface area contributed by atoms with Gasteiger partial charge in [0.05, 0.1) is 0 Å². The maximum Gasteiger partial charge on any atom is 0.0232 e. The van der Waals surface area contributed by atoms with Crippen LogP contribution in [0.3, 0.4) is 0 Å². The molecule has 0 spiro atoms. The third kappa shape index (κ3) is 2.49. The Morgan fingerprint density at radius 1 is 0.714 bits per heavy atom. The molecule has 2 saturated heterocycles. The van der Waals surface area contributed by atoms with Crippen LogP contribution in [0.25, 0.3) is 0 Å². The molecule has 1 N–H and O–H groups in total. The molecule has 2 aromatic rings. The number of piperidine rings is 1. The zero-order valence-electron chi connectivity index (χ0n) is 12.2. The van der Waals surface area contributed by atoms with Gasteiger partial charge >= 0.3 is 0 Å². The predicted molar refractivity (Wildman–Crippen MR) is 90.1 cm³/mol. The highest BCUT2D eigenvalue weighted by Crippen LogP contribution is 2.47. The highest BCUT2D eigenvalue weighted by molar-refractivity contribution is 5.85. The van der Waals surface area contributed by atoms with E-state index in [1.54, 1.807) is 0 Å². The summed E-state index contributed by atoms with van der Waals surface area (Å²) in [5.74, 6) is 0. The van der Waals surface area contributed by atoms with Crippen LogP contribution in [0, 0.1) is 0 Å². The van der Waals surface area contributed by atoms with E-state index in [1.165, 1.54) is 36.8 Å². The molecule has 1 nitrogen and oxygen atoms in total. The summed E-state index contributed by atoms with van der Waals surface area (Å²) in [5, 5.41) is 3.78. The predicted octanol–water partition coefficient (Wildman–Crippen LogP) is 4.31. The van der Waals surface area contributed by atoms with Gasteiger partial charge in [0.25, 0.3) is 0 Å². The van der Waals surface area contributed by atoms with E-state index < -0.39 is 0 Å². The Bertz CT molecular complexity index is 528. The van der Waals surface area contributed by atoms with Gasteiger partial charge < -0.3 is 5.32 Å². The molecule has 110 valence electrons. The van der Waals surface area contributed by atoms with Crippen LogP contribution in [-0.2, 0) is 5.41 Å². The fraction of sp³-hybridized carbons (Fsp3) is 0.368. The number of hydrogen-bond donors (Lipinski definition) is 1. The van der Waals surface area contributed by atoms with Gasteiger partial charge in [-0.25, -0.2) is 0 Å². The third-order valence-corrected chi connectivity index (χ3v) is 5.18. The Balaban J connectivity index is 0.00000132. The Hall–Kier alpha value is -1.31. The average molecular weight is 300 g/mol. The minimum atomic E-state index is 0. The molecule has 2 heterocycles. The van der Waals surface area contributed by atoms with Crippen molar-refractivity contribution in [3.05, 3.63) is 71.8 Å². The van der Waals surface area contributed by atoms with Gasteiger partial charge in [0.2, 0.25) is 0 Å². The molecule has 2 heteroatoms. The number of fused-ring (bicyclic) bond motifs is 2. The Morgan fingerprint density at radius 3 is 1.57 bits per heavy atom. The Morgan fingerprint density at radius 2 is 1.14 bits per heavy atom. The summed E-state index contributed by atoms with van der Waals surface area (Å²) in [7, 11) is 0. The largest absolute Gasteiger partial charge is 0.311 e. The van der Waals surface area contributed by atoms with E-state index in [4.69, 9.17) is 0 Å². The second kappa shape index (κ2) is 5.82. The summed E-state index contributed by atoms with van der Waals surface area (Å²) < 4.78 is 0. The molecule has 2 unspecified atom stereocenters. The minimum Gasteiger partial charge on any atom is -0.311 e. The van der Waals surface area contributed by atoms with E-state index in [9.17, 15) is 0 Å². The maximum absolute atomic E-state index is 3.78. The van der Waals surface area contributed by atoms with Gasteiger partial charge in [-0.15, -0.1) is 12.4 Å². The zero-order valence-corrected chi connectivity index (χ0v) is 13.0. The minimum absolute atomic E-state index is 0. The van der Waals surface area contributed by atoms with Crippen LogP contribution >= 0.6 is 12.4 Å². The standard InChI is InChI=1S/C19H21N.ClH/c1-3-7-15(8-4-1)19(16-9-5-2-6-10-16)13-17-11-12-18(14-19)20-17;/h1-10,17-18,20H,11-14H2;1H. The summed E-state index contributed by atoms with van der Waals surface area (Å²) in [6.45, 7) is 0. The second-order valence-corrected chi connectivity index (χ2v) is 6.36. The molecule has 2 aliphatic heterocycles. The molecule has 0 saturated carbocycles. The molecule has 2 fully saturated rings. The van der Waals surface area contributed by atoms with E-state index in [0.29, 0.717) is 12.1 Å².